The molecule has 2 aliphatic heterocycles. The number of aliphatic hydroxyl groups excluding tert-OH is 1. The van der Waals surface area contributed by atoms with Crippen LogP contribution in [0.1, 0.15) is 48.9 Å². The number of hydrogen-bond acceptors (Lipinski definition) is 9. The number of ketones is 1. The summed E-state index contributed by atoms with van der Waals surface area (Å²) in [6, 6.07) is 7.85. The van der Waals surface area contributed by atoms with Gasteiger partial charge in [-0.05, 0) is 61.2 Å². The maximum Gasteiger partial charge on any atom is 0.295 e. The summed E-state index contributed by atoms with van der Waals surface area (Å²) in [6.45, 7) is 8.67. The van der Waals surface area contributed by atoms with Gasteiger partial charge in [0.05, 0.1) is 52.8 Å². The highest BCUT2D eigenvalue weighted by atomic mass is 16.5. The fraction of sp³-hybridized carbons (Fsp3) is 0.500. The molecular formula is C32H42N2O8. The minimum atomic E-state index is -0.857. The number of aliphatic hydroxyl groups is 1. The van der Waals surface area contributed by atoms with Crippen molar-refractivity contribution >= 4 is 17.4 Å². The SMILES string of the molecule is CCCCOc1ccc(/C(O)=C2\C(=O)C(=O)N(CCCN3CCOCC3)[C@@H]2c2cc(OC)c(OC)c(OC)c2)cc1C. The highest BCUT2D eigenvalue weighted by Crippen LogP contribution is 2.46. The van der Waals surface area contributed by atoms with Crippen LogP contribution in [0.3, 0.4) is 0 Å². The Hall–Kier alpha value is -3.76. The summed E-state index contributed by atoms with van der Waals surface area (Å²) < 4.78 is 28.0. The molecule has 2 aromatic rings. The molecule has 0 radical (unpaired) electrons. The number of likely N-dealkylation sites (tertiary alicyclic amines) is 1. The Kier molecular flexibility index (Phi) is 10.7. The Morgan fingerprint density at radius 1 is 0.952 bits per heavy atom. The molecule has 0 bridgehead atoms. The minimum absolute atomic E-state index is 0.0136. The van der Waals surface area contributed by atoms with Crippen LogP contribution in [0.15, 0.2) is 35.9 Å². The molecule has 10 heteroatoms. The molecule has 0 aliphatic carbocycles. The van der Waals surface area contributed by atoms with E-state index in [0.717, 1.165) is 38.0 Å². The highest BCUT2D eigenvalue weighted by Gasteiger charge is 2.46. The Bertz CT molecular complexity index is 1280. The van der Waals surface area contributed by atoms with Gasteiger partial charge < -0.3 is 33.7 Å². The van der Waals surface area contributed by atoms with Gasteiger partial charge in [0.25, 0.3) is 11.7 Å². The lowest BCUT2D eigenvalue weighted by atomic mass is 9.94. The van der Waals surface area contributed by atoms with Gasteiger partial charge in [-0.3, -0.25) is 14.5 Å². The molecule has 1 atom stereocenters. The lowest BCUT2D eigenvalue weighted by molar-refractivity contribution is -0.140. The number of nitrogens with zero attached hydrogens (tertiary/aromatic N) is 2. The Morgan fingerprint density at radius 2 is 1.64 bits per heavy atom. The number of ether oxygens (including phenoxy) is 5. The van der Waals surface area contributed by atoms with E-state index in [2.05, 4.69) is 11.8 Å². The fourth-order valence-corrected chi connectivity index (χ4v) is 5.45. The summed E-state index contributed by atoms with van der Waals surface area (Å²) in [4.78, 5) is 30.9. The standard InChI is InChI=1S/C32H42N2O8/c1-6-7-15-42-24-10-9-22(18-21(24)2)29(35)27-28(23-19-25(38-3)31(40-5)26(20-23)39-4)34(32(37)30(27)36)12-8-11-33-13-16-41-17-14-33/h9-10,18-20,28,35H,6-8,11-17H2,1-5H3/b29-27+/t28-/m1/s1. The smallest absolute Gasteiger partial charge is 0.295 e. The van der Waals surface area contributed by atoms with Crippen molar-refractivity contribution in [2.75, 3.05) is 67.3 Å². The summed E-state index contributed by atoms with van der Waals surface area (Å²) in [5, 5.41) is 11.6. The molecule has 2 fully saturated rings. The quantitative estimate of drug-likeness (QED) is 0.160. The van der Waals surface area contributed by atoms with E-state index in [9.17, 15) is 14.7 Å². The number of morpholine rings is 1. The maximum atomic E-state index is 13.6. The number of amides is 1. The zero-order valence-corrected chi connectivity index (χ0v) is 25.2. The lowest BCUT2D eigenvalue weighted by Gasteiger charge is -2.29. The molecule has 0 unspecified atom stereocenters. The monoisotopic (exact) mass is 582 g/mol. The van der Waals surface area contributed by atoms with Gasteiger partial charge in [0.2, 0.25) is 5.75 Å². The molecule has 1 amide bonds. The molecule has 0 spiro atoms. The summed E-state index contributed by atoms with van der Waals surface area (Å²) >= 11 is 0. The molecule has 42 heavy (non-hydrogen) atoms. The van der Waals surface area contributed by atoms with Crippen LogP contribution in [-0.2, 0) is 14.3 Å². The number of hydrogen-bond donors (Lipinski definition) is 1. The van der Waals surface area contributed by atoms with Crippen molar-refractivity contribution in [1.82, 2.24) is 9.80 Å². The Morgan fingerprint density at radius 3 is 2.24 bits per heavy atom. The van der Waals surface area contributed by atoms with Crippen molar-refractivity contribution in [3.8, 4) is 23.0 Å². The summed E-state index contributed by atoms with van der Waals surface area (Å²) in [5.74, 6) is 0.232. The normalized spacial score (nSPS) is 18.8. The second-order valence-electron chi connectivity index (χ2n) is 10.4. The fourth-order valence-electron chi connectivity index (χ4n) is 5.45. The zero-order valence-electron chi connectivity index (χ0n) is 25.2. The van der Waals surface area contributed by atoms with E-state index in [1.165, 1.54) is 26.2 Å². The lowest BCUT2D eigenvalue weighted by Crippen LogP contribution is -2.39. The molecular weight excluding hydrogens is 540 g/mol. The van der Waals surface area contributed by atoms with Crippen LogP contribution in [0.25, 0.3) is 5.76 Å². The number of aryl methyl sites for hydroxylation is 1. The van der Waals surface area contributed by atoms with Crippen molar-refractivity contribution in [3.63, 3.8) is 0 Å². The van der Waals surface area contributed by atoms with Gasteiger partial charge in [0, 0.05) is 31.7 Å². The zero-order chi connectivity index (χ0) is 30.2. The maximum absolute atomic E-state index is 13.6. The number of methoxy groups -OCH3 is 3. The minimum Gasteiger partial charge on any atom is -0.507 e. The molecule has 228 valence electrons. The average Bonchev–Trinajstić information content (AvgIpc) is 3.26. The summed E-state index contributed by atoms with van der Waals surface area (Å²) in [6.07, 6.45) is 2.60. The molecule has 2 saturated heterocycles. The van der Waals surface area contributed by atoms with Crippen LogP contribution in [0.4, 0.5) is 0 Å². The first kappa shape index (κ1) is 31.2. The number of Topliss-reactive ketones (excluding diaryl/α,β-unsaturated/α-hetero) is 1. The average molecular weight is 583 g/mol. The molecule has 2 heterocycles. The van der Waals surface area contributed by atoms with Gasteiger partial charge in [-0.25, -0.2) is 0 Å². The molecule has 2 aromatic carbocycles. The van der Waals surface area contributed by atoms with E-state index < -0.39 is 17.7 Å². The largest absolute Gasteiger partial charge is 0.507 e. The van der Waals surface area contributed by atoms with Crippen LogP contribution < -0.4 is 18.9 Å². The van der Waals surface area contributed by atoms with Crippen LogP contribution in [0, 0.1) is 6.92 Å². The molecule has 4 rings (SSSR count). The van der Waals surface area contributed by atoms with Crippen molar-refractivity contribution in [2.45, 2.75) is 39.2 Å². The predicted molar refractivity (Wildman–Crippen MR) is 159 cm³/mol. The first-order valence-corrected chi connectivity index (χ1v) is 14.5. The van der Waals surface area contributed by atoms with Gasteiger partial charge in [-0.1, -0.05) is 13.3 Å². The van der Waals surface area contributed by atoms with Gasteiger partial charge in [0.15, 0.2) is 11.5 Å². The third-order valence-electron chi connectivity index (χ3n) is 7.72. The molecule has 2 aliphatic rings. The molecule has 1 N–H and O–H groups in total. The third kappa shape index (κ3) is 6.65. The summed E-state index contributed by atoms with van der Waals surface area (Å²) in [5.41, 5.74) is 1.82. The second kappa shape index (κ2) is 14.4. The van der Waals surface area contributed by atoms with Gasteiger partial charge in [-0.2, -0.15) is 0 Å². The van der Waals surface area contributed by atoms with Crippen molar-refractivity contribution in [3.05, 3.63) is 52.6 Å². The number of carbonyl (C=O) groups is 2. The van der Waals surface area contributed by atoms with Crippen molar-refractivity contribution in [2.24, 2.45) is 0 Å². The number of unbranched alkanes of at least 4 members (excludes halogenated alkanes) is 1. The topological polar surface area (TPSA) is 107 Å². The van der Waals surface area contributed by atoms with E-state index >= 15 is 0 Å². The number of carbonyl (C=O) groups excluding carboxylic acids is 2. The number of benzene rings is 2. The van der Waals surface area contributed by atoms with Gasteiger partial charge in [0.1, 0.15) is 11.5 Å². The van der Waals surface area contributed by atoms with Crippen molar-refractivity contribution in [1.29, 1.82) is 0 Å². The highest BCUT2D eigenvalue weighted by molar-refractivity contribution is 6.46. The Balaban J connectivity index is 1.76. The van der Waals surface area contributed by atoms with E-state index in [-0.39, 0.29) is 11.3 Å². The van der Waals surface area contributed by atoms with E-state index in [1.807, 2.05) is 6.92 Å². The Labute approximate surface area is 247 Å². The van der Waals surface area contributed by atoms with Crippen LogP contribution in [0.2, 0.25) is 0 Å². The third-order valence-corrected chi connectivity index (χ3v) is 7.72. The van der Waals surface area contributed by atoms with Crippen LogP contribution >= 0.6 is 0 Å². The number of rotatable bonds is 13. The van der Waals surface area contributed by atoms with Gasteiger partial charge >= 0.3 is 0 Å². The molecule has 10 nitrogen and oxygen atoms in total. The molecule has 0 aromatic heterocycles. The first-order chi connectivity index (χ1) is 20.3. The van der Waals surface area contributed by atoms with Crippen molar-refractivity contribution < 1.29 is 38.4 Å². The second-order valence-corrected chi connectivity index (χ2v) is 10.4. The predicted octanol–water partition coefficient (Wildman–Crippen LogP) is 4.34. The van der Waals surface area contributed by atoms with E-state index in [1.54, 1.807) is 30.3 Å². The molecule has 0 saturated carbocycles. The first-order valence-electron chi connectivity index (χ1n) is 14.5. The van der Waals surface area contributed by atoms with Gasteiger partial charge in [-0.15, -0.1) is 0 Å². The van der Waals surface area contributed by atoms with E-state index in [0.29, 0.717) is 66.9 Å². The van der Waals surface area contributed by atoms with E-state index in [4.69, 9.17) is 23.7 Å². The summed E-state index contributed by atoms with van der Waals surface area (Å²) in [7, 11) is 4.52. The van der Waals surface area contributed by atoms with Crippen LogP contribution in [-0.4, -0.2) is 93.9 Å². The van der Waals surface area contributed by atoms with Crippen LogP contribution in [0.5, 0.6) is 23.0 Å².